The van der Waals surface area contributed by atoms with Gasteiger partial charge in [0, 0.05) is 85.1 Å². The van der Waals surface area contributed by atoms with Crippen molar-refractivity contribution in [2.75, 3.05) is 0 Å². The third-order valence-corrected chi connectivity index (χ3v) is 16.9. The predicted octanol–water partition coefficient (Wildman–Crippen LogP) is 10.3. The van der Waals surface area contributed by atoms with Crippen molar-refractivity contribution in [3.8, 4) is 11.4 Å². The van der Waals surface area contributed by atoms with Crippen LogP contribution in [0.4, 0.5) is 0 Å². The summed E-state index contributed by atoms with van der Waals surface area (Å²) in [5.41, 5.74) is 19.4. The molecule has 17 rings (SSSR count). The number of benzene rings is 9. The van der Waals surface area contributed by atoms with Crippen LogP contribution in [0.15, 0.2) is 186 Å². The Balaban J connectivity index is 0.947. The topological polar surface area (TPSA) is 36.1 Å². The third-order valence-electron chi connectivity index (χ3n) is 14.6. The molecule has 0 saturated carbocycles. The lowest BCUT2D eigenvalue weighted by Crippen LogP contribution is -2.62. The van der Waals surface area contributed by atoms with Crippen LogP contribution in [0.2, 0.25) is 0 Å². The maximum Gasteiger partial charge on any atom is 0.249 e. The van der Waals surface area contributed by atoms with Crippen molar-refractivity contribution in [3.05, 3.63) is 158 Å². The van der Waals surface area contributed by atoms with Crippen LogP contribution in [-0.2, 0) is 0 Å². The summed E-state index contributed by atoms with van der Waals surface area (Å²) in [5.74, 6) is 0. The number of aromatic nitrogens is 2. The van der Waals surface area contributed by atoms with E-state index in [1.807, 2.05) is 23.5 Å². The lowest BCUT2D eigenvalue weighted by atomic mass is 9.32. The van der Waals surface area contributed by atoms with Crippen molar-refractivity contribution < 1.29 is 8.83 Å². The maximum atomic E-state index is 6.77. The summed E-state index contributed by atoms with van der Waals surface area (Å²) in [7, 11) is 0. The number of hydrogen-bond acceptors (Lipinski definition) is 4. The SMILES string of the molecule is c1cc2c3c(c1)-n1c4c(cccc4c4ccc5c6ccccc6oc5c41)B3c1cc3c(cc1S2)Sc1cccc2c1B3c1cccc3c4ccc5c6ccccc6oc5c4n-2c13. The van der Waals surface area contributed by atoms with E-state index in [1.165, 1.54) is 96.3 Å². The van der Waals surface area contributed by atoms with Gasteiger partial charge in [0.15, 0.2) is 11.2 Å². The lowest BCUT2D eigenvalue weighted by molar-refractivity contribution is 0.670. The Morgan fingerprint density at radius 2 is 0.774 bits per heavy atom. The van der Waals surface area contributed by atoms with Gasteiger partial charge in [-0.15, -0.1) is 0 Å². The molecule has 62 heavy (non-hydrogen) atoms. The molecule has 9 aromatic carbocycles. The molecule has 4 aromatic heterocycles. The zero-order valence-corrected chi connectivity index (χ0v) is 34.3. The Hall–Kier alpha value is -6.99. The van der Waals surface area contributed by atoms with E-state index < -0.39 is 0 Å². The van der Waals surface area contributed by atoms with Gasteiger partial charge in [-0.05, 0) is 76.4 Å². The zero-order chi connectivity index (χ0) is 39.7. The van der Waals surface area contributed by atoms with Gasteiger partial charge in [0.1, 0.15) is 11.2 Å². The maximum absolute atomic E-state index is 6.77. The van der Waals surface area contributed by atoms with E-state index in [9.17, 15) is 0 Å². The van der Waals surface area contributed by atoms with Crippen LogP contribution in [-0.4, -0.2) is 22.6 Å². The van der Waals surface area contributed by atoms with Crippen molar-refractivity contribution in [2.24, 2.45) is 0 Å². The molecule has 0 aliphatic carbocycles. The summed E-state index contributed by atoms with van der Waals surface area (Å²) >= 11 is 3.87. The molecule has 4 nitrogen and oxygen atoms in total. The average Bonchev–Trinajstić information content (AvgIpc) is 4.07. The minimum absolute atomic E-state index is 0.0864. The molecule has 0 bridgehead atoms. The highest BCUT2D eigenvalue weighted by molar-refractivity contribution is 8.01. The second kappa shape index (κ2) is 10.7. The first-order valence-electron chi connectivity index (χ1n) is 21.3. The quantitative estimate of drug-likeness (QED) is 0.143. The Kier molecular flexibility index (Phi) is 5.50. The highest BCUT2D eigenvalue weighted by Gasteiger charge is 2.44. The third kappa shape index (κ3) is 3.55. The fourth-order valence-corrected chi connectivity index (χ4v) is 14.7. The van der Waals surface area contributed by atoms with E-state index in [0.717, 1.165) is 54.9 Å². The monoisotopic (exact) mass is 820 g/mol. The van der Waals surface area contributed by atoms with E-state index in [2.05, 4.69) is 167 Å². The van der Waals surface area contributed by atoms with Crippen LogP contribution >= 0.6 is 23.5 Å². The van der Waals surface area contributed by atoms with Crippen molar-refractivity contribution in [1.82, 2.24) is 9.13 Å². The van der Waals surface area contributed by atoms with Crippen LogP contribution in [0.25, 0.3) is 98.9 Å². The molecule has 0 amide bonds. The first kappa shape index (κ1) is 31.8. The second-order valence-corrected chi connectivity index (χ2v) is 19.6. The molecule has 8 heterocycles. The van der Waals surface area contributed by atoms with Crippen LogP contribution in [0.1, 0.15) is 0 Å². The molecular weight excluding hydrogens is 794 g/mol. The summed E-state index contributed by atoms with van der Waals surface area (Å²) in [6.45, 7) is 0.173. The largest absolute Gasteiger partial charge is 0.454 e. The molecule has 0 atom stereocenters. The molecule has 8 heteroatoms. The molecule has 0 fully saturated rings. The van der Waals surface area contributed by atoms with Crippen molar-refractivity contribution >= 4 is 157 Å². The smallest absolute Gasteiger partial charge is 0.249 e. The van der Waals surface area contributed by atoms with Gasteiger partial charge in [0.25, 0.3) is 0 Å². The summed E-state index contributed by atoms with van der Waals surface area (Å²) in [6.07, 6.45) is 0. The van der Waals surface area contributed by atoms with E-state index >= 15 is 0 Å². The van der Waals surface area contributed by atoms with Gasteiger partial charge < -0.3 is 18.0 Å². The normalized spacial score (nSPS) is 14.3. The Morgan fingerprint density at radius 1 is 0.339 bits per heavy atom. The van der Waals surface area contributed by atoms with Crippen molar-refractivity contribution in [1.29, 1.82) is 0 Å². The van der Waals surface area contributed by atoms with Gasteiger partial charge in [-0.25, -0.2) is 0 Å². The van der Waals surface area contributed by atoms with Gasteiger partial charge in [0.05, 0.1) is 11.0 Å². The minimum Gasteiger partial charge on any atom is -0.454 e. The Bertz CT molecular complexity index is 4050. The predicted molar refractivity (Wildman–Crippen MR) is 260 cm³/mol. The van der Waals surface area contributed by atoms with E-state index in [1.54, 1.807) is 0 Å². The number of rotatable bonds is 0. The van der Waals surface area contributed by atoms with E-state index in [0.29, 0.717) is 0 Å². The van der Waals surface area contributed by atoms with Crippen molar-refractivity contribution in [2.45, 2.75) is 19.6 Å². The summed E-state index contributed by atoms with van der Waals surface area (Å²) < 4.78 is 18.6. The molecule has 0 saturated heterocycles. The molecule has 4 aliphatic rings. The average molecular weight is 821 g/mol. The highest BCUT2D eigenvalue weighted by Crippen LogP contribution is 2.46. The molecule has 0 spiro atoms. The second-order valence-electron chi connectivity index (χ2n) is 17.4. The number of furan rings is 2. The highest BCUT2D eigenvalue weighted by atomic mass is 32.2. The van der Waals surface area contributed by atoms with Gasteiger partial charge in [-0.2, -0.15) is 0 Å². The first-order valence-corrected chi connectivity index (χ1v) is 22.9. The fraction of sp³-hybridized carbons (Fsp3) is 0. The van der Waals surface area contributed by atoms with Gasteiger partial charge in [-0.1, -0.05) is 138 Å². The number of fused-ring (bicyclic) bond motifs is 22. The fourth-order valence-electron chi connectivity index (χ4n) is 12.3. The summed E-state index contributed by atoms with van der Waals surface area (Å²) in [5, 5.41) is 9.64. The molecule has 282 valence electrons. The van der Waals surface area contributed by atoms with E-state index in [4.69, 9.17) is 8.83 Å². The number of nitrogens with zero attached hydrogens (tertiary/aromatic N) is 2. The van der Waals surface area contributed by atoms with Crippen LogP contribution in [0, 0.1) is 0 Å². The van der Waals surface area contributed by atoms with Crippen molar-refractivity contribution in [3.63, 3.8) is 0 Å². The van der Waals surface area contributed by atoms with Gasteiger partial charge >= 0.3 is 0 Å². The summed E-state index contributed by atoms with van der Waals surface area (Å²) in [6, 6.07) is 58.9. The summed E-state index contributed by atoms with van der Waals surface area (Å²) in [4.78, 5) is 5.35. The van der Waals surface area contributed by atoms with Crippen LogP contribution in [0.3, 0.4) is 0 Å². The Morgan fingerprint density at radius 3 is 1.29 bits per heavy atom. The molecule has 0 unspecified atom stereocenters. The van der Waals surface area contributed by atoms with Gasteiger partial charge in [-0.3, -0.25) is 0 Å². The molecular formula is C54H26B2N2O2S2. The molecule has 13 aromatic rings. The standard InChI is InChI=1S/C54H26B2N2O2S2/c1-3-17-41-27(9-1)33-23-21-31-29-11-5-13-35-49(29)57(51(31)53(33)59-41)39-15-7-19-43-47(39)55(35)37-25-38-46(26-45(37)61-43)62-44-20-8-16-40-48(44)56(38)36-14-6-12-30-32-22-24-34-28-10-2-4-18-42(28)60-54(34)52(32)58(40)50(30)36/h1-26H. The van der Waals surface area contributed by atoms with Gasteiger partial charge in [0.2, 0.25) is 13.4 Å². The van der Waals surface area contributed by atoms with Crippen LogP contribution in [0.5, 0.6) is 0 Å². The lowest BCUT2D eigenvalue weighted by Gasteiger charge is -2.36. The number of para-hydroxylation sites is 4. The zero-order valence-electron chi connectivity index (χ0n) is 32.7. The number of hydrogen-bond donors (Lipinski definition) is 0. The van der Waals surface area contributed by atoms with Crippen LogP contribution < -0.4 is 32.8 Å². The molecule has 0 radical (unpaired) electrons. The first-order chi connectivity index (χ1) is 30.8. The van der Waals surface area contributed by atoms with E-state index in [-0.39, 0.29) is 13.4 Å². The minimum atomic E-state index is 0.0864. The molecule has 0 N–H and O–H groups in total. The Labute approximate surface area is 361 Å². The molecule has 4 aliphatic heterocycles.